The van der Waals surface area contributed by atoms with Crippen molar-refractivity contribution in [2.75, 3.05) is 12.3 Å². The third-order valence-corrected chi connectivity index (χ3v) is 5.04. The van der Waals surface area contributed by atoms with E-state index in [1.54, 1.807) is 0 Å². The van der Waals surface area contributed by atoms with E-state index < -0.39 is 54.9 Å². The summed E-state index contributed by atoms with van der Waals surface area (Å²) < 4.78 is 53.4. The van der Waals surface area contributed by atoms with Crippen LogP contribution in [0.2, 0.25) is 0 Å². The summed E-state index contributed by atoms with van der Waals surface area (Å²) >= 11 is 0. The minimum absolute atomic E-state index is 0. The summed E-state index contributed by atoms with van der Waals surface area (Å²) in [6.07, 6.45) is -1.99. The fourth-order valence-electron chi connectivity index (χ4n) is 2.81. The Balaban J connectivity index is 0.000000591. The smallest absolute Gasteiger partial charge is 0.369 e. The van der Waals surface area contributed by atoms with Crippen LogP contribution >= 0.6 is 24.8 Å². The molecular formula is C10H15N5O11P3Y+. The van der Waals surface area contributed by atoms with Crippen LogP contribution in [0, 0.1) is 0 Å². The first-order chi connectivity index (χ1) is 13.7. The molecule has 4 unspecified atom stereocenters. The molecule has 20 heteroatoms. The van der Waals surface area contributed by atoms with Gasteiger partial charge in [-0.3, -0.25) is 23.5 Å². The van der Waals surface area contributed by atoms with Crippen molar-refractivity contribution in [1.82, 2.24) is 19.5 Å². The average molecular weight is 563 g/mol. The van der Waals surface area contributed by atoms with Crippen LogP contribution in [0.3, 0.4) is 0 Å². The number of imidazole rings is 1. The molecule has 2 aliphatic rings. The SMILES string of the molecule is Nc1nc2c(ncn2[C@@H]2O[C@H](CO[PH](=O)O)C3O[P+](=O)OC32)c(=O)[nH]1.O=[PH](O)O.[Y]. The van der Waals surface area contributed by atoms with Crippen molar-refractivity contribution in [3.63, 3.8) is 0 Å². The van der Waals surface area contributed by atoms with Gasteiger partial charge < -0.3 is 29.7 Å². The fraction of sp³-hybridized carbons (Fsp3) is 0.500. The number of nitrogens with one attached hydrogen (secondary N) is 1. The van der Waals surface area contributed by atoms with E-state index in [0.717, 1.165) is 0 Å². The van der Waals surface area contributed by atoms with E-state index >= 15 is 0 Å². The number of H-pyrrole nitrogens is 1. The molecule has 0 amide bonds. The van der Waals surface area contributed by atoms with Crippen molar-refractivity contribution in [2.24, 2.45) is 0 Å². The number of aromatic amines is 1. The fourth-order valence-corrected chi connectivity index (χ4v) is 4.05. The second kappa shape index (κ2) is 10.9. The van der Waals surface area contributed by atoms with Gasteiger partial charge in [-0.15, -0.1) is 9.05 Å². The molecule has 2 aliphatic heterocycles. The van der Waals surface area contributed by atoms with Gasteiger partial charge >= 0.3 is 24.8 Å². The molecule has 2 aromatic rings. The second-order valence-corrected chi connectivity index (χ2v) is 7.82. The minimum atomic E-state index is -3.17. The molecule has 163 valence electrons. The predicted molar refractivity (Wildman–Crippen MR) is 94.4 cm³/mol. The molecule has 1 radical (unpaired) electrons. The molecule has 0 bridgehead atoms. The van der Waals surface area contributed by atoms with Crippen molar-refractivity contribution >= 4 is 41.9 Å². The van der Waals surface area contributed by atoms with Crippen LogP contribution in [-0.2, 0) is 64.7 Å². The van der Waals surface area contributed by atoms with Crippen molar-refractivity contribution in [2.45, 2.75) is 24.5 Å². The Morgan fingerprint density at radius 1 is 1.30 bits per heavy atom. The Kier molecular flexibility index (Phi) is 9.38. The second-order valence-electron chi connectivity index (χ2n) is 5.56. The number of nitrogen functional groups attached to an aromatic ring is 1. The summed E-state index contributed by atoms with van der Waals surface area (Å²) in [6, 6.07) is 0. The van der Waals surface area contributed by atoms with Gasteiger partial charge in [-0.25, -0.2) is 4.98 Å². The van der Waals surface area contributed by atoms with Crippen LogP contribution in [0.5, 0.6) is 0 Å². The molecule has 2 aromatic heterocycles. The maximum atomic E-state index is 11.9. The molecule has 16 nitrogen and oxygen atoms in total. The maximum absolute atomic E-state index is 11.9. The quantitative estimate of drug-likeness (QED) is 0.275. The Morgan fingerprint density at radius 3 is 2.57 bits per heavy atom. The van der Waals surface area contributed by atoms with Gasteiger partial charge in [0.25, 0.3) is 5.56 Å². The number of aromatic nitrogens is 4. The maximum Gasteiger partial charge on any atom is 0.698 e. The molecule has 30 heavy (non-hydrogen) atoms. The predicted octanol–water partition coefficient (Wildman–Crippen LogP) is -1.20. The summed E-state index contributed by atoms with van der Waals surface area (Å²) in [6.45, 7) is -0.263. The molecule has 6 N–H and O–H groups in total. The Bertz CT molecular complexity index is 1030. The molecule has 0 spiro atoms. The third kappa shape index (κ3) is 5.86. The third-order valence-electron chi connectivity index (χ3n) is 3.80. The van der Waals surface area contributed by atoms with Crippen LogP contribution in [0.15, 0.2) is 11.1 Å². The van der Waals surface area contributed by atoms with Crippen molar-refractivity contribution < 1.29 is 79.4 Å². The van der Waals surface area contributed by atoms with E-state index in [2.05, 4.69) is 15.0 Å². The molecule has 4 heterocycles. The number of rotatable bonds is 4. The van der Waals surface area contributed by atoms with Gasteiger partial charge in [0.05, 0.1) is 12.9 Å². The van der Waals surface area contributed by atoms with Crippen LogP contribution < -0.4 is 11.3 Å². The van der Waals surface area contributed by atoms with Gasteiger partial charge in [0.2, 0.25) is 5.95 Å². The Hall–Kier alpha value is -0.466. The van der Waals surface area contributed by atoms with Crippen LogP contribution in [0.4, 0.5) is 5.95 Å². The number of nitrogens with zero attached hydrogens (tertiary/aromatic N) is 3. The van der Waals surface area contributed by atoms with Gasteiger partial charge in [-0.2, -0.15) is 4.98 Å². The summed E-state index contributed by atoms with van der Waals surface area (Å²) in [5.74, 6) is -0.109. The molecule has 6 atom stereocenters. The molecule has 0 saturated carbocycles. The monoisotopic (exact) mass is 563 g/mol. The molecule has 2 fully saturated rings. The summed E-state index contributed by atoms with van der Waals surface area (Å²) in [7, 11) is -8.68. The number of hydrogen-bond acceptors (Lipinski definition) is 11. The zero-order valence-corrected chi connectivity index (χ0v) is 20.4. The molecule has 0 aliphatic carbocycles. The standard InChI is InChI=1S/C10H11N5O8P2.H3O3P.Y/c11-10-13-7-4(8(16)14-10)12-2-15(7)9-6-5(22-25(19)23-6)3(21-9)1-20-24(17)18;1-4(2)3;/h2-3,5-6,9,24H,1H2,(H3-,11,13,14,16,17,18);4H,(H2,1,2,3);/p+1/t3-,5?,6?,9-;;/m1../s1. The van der Waals surface area contributed by atoms with Gasteiger partial charge in [0, 0.05) is 37.3 Å². The van der Waals surface area contributed by atoms with Gasteiger partial charge in [0.1, 0.15) is 6.10 Å². The van der Waals surface area contributed by atoms with Crippen molar-refractivity contribution in [3.05, 3.63) is 16.7 Å². The first kappa shape index (κ1) is 25.8. The normalized spacial score (nSPS) is 27.4. The van der Waals surface area contributed by atoms with Crippen LogP contribution in [0.25, 0.3) is 11.2 Å². The number of hydrogen-bond donors (Lipinski definition) is 5. The minimum Gasteiger partial charge on any atom is -0.369 e. The molecular weight excluding hydrogens is 548 g/mol. The van der Waals surface area contributed by atoms with Crippen molar-refractivity contribution in [1.29, 1.82) is 0 Å². The Labute approximate surface area is 193 Å². The molecule has 4 rings (SSSR count). The number of nitrogens with two attached hydrogens (primary N) is 1. The van der Waals surface area contributed by atoms with Gasteiger partial charge in [0.15, 0.2) is 29.6 Å². The zero-order chi connectivity index (χ0) is 21.3. The summed E-state index contributed by atoms with van der Waals surface area (Å²) in [5.41, 5.74) is 5.22. The number of fused-ring (bicyclic) bond motifs is 2. The topological polar surface area (TPSA) is 238 Å². The molecule has 2 saturated heterocycles. The molecule has 0 aromatic carbocycles. The van der Waals surface area contributed by atoms with Crippen molar-refractivity contribution in [3.8, 4) is 0 Å². The number of anilines is 1. The van der Waals surface area contributed by atoms with Gasteiger partial charge in [-0.05, 0) is 0 Å². The average Bonchev–Trinajstić information content (AvgIpc) is 3.25. The largest absolute Gasteiger partial charge is 0.698 e. The summed E-state index contributed by atoms with van der Waals surface area (Å²) in [4.78, 5) is 45.3. The number of ether oxygens (including phenoxy) is 1. The van der Waals surface area contributed by atoms with E-state index in [4.69, 9.17) is 43.3 Å². The van der Waals surface area contributed by atoms with Gasteiger partial charge in [-0.1, -0.05) is 0 Å². The van der Waals surface area contributed by atoms with Crippen LogP contribution in [0.1, 0.15) is 6.23 Å². The zero-order valence-electron chi connectivity index (χ0n) is 14.6. The van der Waals surface area contributed by atoms with Crippen LogP contribution in [-0.4, -0.2) is 59.1 Å². The van der Waals surface area contributed by atoms with E-state index in [-0.39, 0.29) is 56.4 Å². The van der Waals surface area contributed by atoms with E-state index in [0.29, 0.717) is 0 Å². The Morgan fingerprint density at radius 2 is 1.93 bits per heavy atom. The van der Waals surface area contributed by atoms with E-state index in [1.165, 1.54) is 10.9 Å². The van der Waals surface area contributed by atoms with E-state index in [9.17, 15) is 13.9 Å². The first-order valence-corrected chi connectivity index (χ1v) is 11.3. The summed E-state index contributed by atoms with van der Waals surface area (Å²) in [5, 5.41) is 0. The van der Waals surface area contributed by atoms with E-state index in [1.807, 2.05) is 0 Å². The first-order valence-electron chi connectivity index (χ1n) is 7.63.